The molecule has 2 rings (SSSR count). The van der Waals surface area contributed by atoms with E-state index in [4.69, 9.17) is 27.9 Å². The fraction of sp³-hybridized carbons (Fsp3) is 0.200. The molecule has 0 aliphatic rings. The smallest absolute Gasteiger partial charge is 0.124 e. The lowest BCUT2D eigenvalue weighted by Gasteiger charge is -2.16. The summed E-state index contributed by atoms with van der Waals surface area (Å²) in [6.45, 7) is 0. The predicted octanol–water partition coefficient (Wildman–Crippen LogP) is 5.04. The van der Waals surface area contributed by atoms with Crippen molar-refractivity contribution in [2.75, 3.05) is 7.11 Å². The number of halogens is 3. The Morgan fingerprint density at radius 3 is 2.45 bits per heavy atom. The molecule has 0 bridgehead atoms. The van der Waals surface area contributed by atoms with Crippen molar-refractivity contribution in [2.24, 2.45) is 0 Å². The minimum absolute atomic E-state index is 0.325. The quantitative estimate of drug-likeness (QED) is 0.810. The number of ether oxygens (including phenoxy) is 1. The summed E-state index contributed by atoms with van der Waals surface area (Å²) in [4.78, 5) is 0. The molecule has 0 aromatic heterocycles. The number of hydrogen-bond acceptors (Lipinski definition) is 2. The van der Waals surface area contributed by atoms with Gasteiger partial charge in [0.2, 0.25) is 0 Å². The number of rotatable bonds is 4. The van der Waals surface area contributed by atoms with Crippen LogP contribution in [0.2, 0.25) is 10.0 Å². The van der Waals surface area contributed by atoms with Gasteiger partial charge in [0.1, 0.15) is 5.75 Å². The van der Waals surface area contributed by atoms with Gasteiger partial charge in [-0.2, -0.15) is 0 Å². The van der Waals surface area contributed by atoms with E-state index in [-0.39, 0.29) is 0 Å². The second kappa shape index (κ2) is 6.81. The molecule has 106 valence electrons. The first-order chi connectivity index (χ1) is 9.52. The molecule has 0 aliphatic heterocycles. The van der Waals surface area contributed by atoms with Gasteiger partial charge in [-0.1, -0.05) is 45.2 Å². The molecular formula is C15H13BrCl2O2. The van der Waals surface area contributed by atoms with Crippen LogP contribution in [0.4, 0.5) is 0 Å². The van der Waals surface area contributed by atoms with Gasteiger partial charge in [0.05, 0.1) is 13.2 Å². The van der Waals surface area contributed by atoms with Gasteiger partial charge in [-0.3, -0.25) is 0 Å². The number of methoxy groups -OCH3 is 1. The highest BCUT2D eigenvalue weighted by atomic mass is 79.9. The summed E-state index contributed by atoms with van der Waals surface area (Å²) in [5.74, 6) is 0.629. The number of aliphatic hydroxyl groups excluding tert-OH is 1. The predicted molar refractivity (Wildman–Crippen MR) is 85.8 cm³/mol. The average molecular weight is 376 g/mol. The molecule has 2 nitrogen and oxygen atoms in total. The summed E-state index contributed by atoms with van der Waals surface area (Å²) in [6.07, 6.45) is -0.425. The molecule has 1 N–H and O–H groups in total. The molecule has 0 saturated carbocycles. The van der Waals surface area contributed by atoms with Crippen LogP contribution in [-0.4, -0.2) is 12.2 Å². The fourth-order valence-electron chi connectivity index (χ4n) is 2.00. The van der Waals surface area contributed by atoms with E-state index in [1.54, 1.807) is 31.4 Å². The molecule has 2 aromatic rings. The van der Waals surface area contributed by atoms with Crippen molar-refractivity contribution in [3.05, 3.63) is 62.0 Å². The lowest BCUT2D eigenvalue weighted by Crippen LogP contribution is -2.05. The maximum absolute atomic E-state index is 10.4. The summed E-state index contributed by atoms with van der Waals surface area (Å²) in [6, 6.07) is 10.8. The Morgan fingerprint density at radius 1 is 1.20 bits per heavy atom. The van der Waals surface area contributed by atoms with Crippen molar-refractivity contribution in [2.45, 2.75) is 12.5 Å². The molecule has 0 spiro atoms. The van der Waals surface area contributed by atoms with Crippen molar-refractivity contribution in [3.8, 4) is 5.75 Å². The molecule has 0 saturated heterocycles. The average Bonchev–Trinajstić information content (AvgIpc) is 2.43. The standard InChI is InChI=1S/C15H13BrCl2O2/c1-20-15-6-5-9(16)7-11(15)14(19)8-10-12(17)3-2-4-13(10)18/h2-7,14,19H,8H2,1H3. The highest BCUT2D eigenvalue weighted by Gasteiger charge is 2.17. The second-order valence-corrected chi connectivity index (χ2v) is 6.04. The third-order valence-electron chi connectivity index (χ3n) is 3.01. The molecule has 0 heterocycles. The highest BCUT2D eigenvalue weighted by Crippen LogP contribution is 2.34. The van der Waals surface area contributed by atoms with Gasteiger partial charge in [0, 0.05) is 26.5 Å². The van der Waals surface area contributed by atoms with Gasteiger partial charge < -0.3 is 9.84 Å². The first kappa shape index (κ1) is 15.6. The maximum Gasteiger partial charge on any atom is 0.124 e. The number of benzene rings is 2. The number of aliphatic hydroxyl groups is 1. The van der Waals surface area contributed by atoms with Crippen LogP contribution in [0.1, 0.15) is 17.2 Å². The highest BCUT2D eigenvalue weighted by molar-refractivity contribution is 9.10. The molecule has 1 atom stereocenters. The third kappa shape index (κ3) is 3.47. The van der Waals surface area contributed by atoms with Gasteiger partial charge >= 0.3 is 0 Å². The SMILES string of the molecule is COc1ccc(Br)cc1C(O)Cc1c(Cl)cccc1Cl. The normalized spacial score (nSPS) is 12.2. The van der Waals surface area contributed by atoms with Gasteiger partial charge in [0.15, 0.2) is 0 Å². The van der Waals surface area contributed by atoms with Gasteiger partial charge in [-0.15, -0.1) is 0 Å². The molecular weight excluding hydrogens is 363 g/mol. The van der Waals surface area contributed by atoms with Gasteiger partial charge in [0.25, 0.3) is 0 Å². The molecule has 20 heavy (non-hydrogen) atoms. The van der Waals surface area contributed by atoms with Crippen LogP contribution in [0.3, 0.4) is 0 Å². The Morgan fingerprint density at radius 2 is 1.85 bits per heavy atom. The zero-order chi connectivity index (χ0) is 14.7. The van der Waals surface area contributed by atoms with Crippen molar-refractivity contribution in [1.29, 1.82) is 0 Å². The van der Waals surface area contributed by atoms with Crippen molar-refractivity contribution >= 4 is 39.1 Å². The van der Waals surface area contributed by atoms with E-state index in [2.05, 4.69) is 15.9 Å². The van der Waals surface area contributed by atoms with Crippen molar-refractivity contribution < 1.29 is 9.84 Å². The van der Waals surface area contributed by atoms with Gasteiger partial charge in [-0.25, -0.2) is 0 Å². The lowest BCUT2D eigenvalue weighted by molar-refractivity contribution is 0.174. The summed E-state index contributed by atoms with van der Waals surface area (Å²) < 4.78 is 6.15. The maximum atomic E-state index is 10.4. The van der Waals surface area contributed by atoms with E-state index in [0.29, 0.717) is 27.8 Å². The molecule has 5 heteroatoms. The van der Waals surface area contributed by atoms with Crippen LogP contribution >= 0.6 is 39.1 Å². The summed E-state index contributed by atoms with van der Waals surface area (Å²) in [5, 5.41) is 11.5. The summed E-state index contributed by atoms with van der Waals surface area (Å²) in [5.41, 5.74) is 1.42. The van der Waals surface area contributed by atoms with Crippen molar-refractivity contribution in [1.82, 2.24) is 0 Å². The van der Waals surface area contributed by atoms with E-state index in [0.717, 1.165) is 10.0 Å². The monoisotopic (exact) mass is 374 g/mol. The second-order valence-electron chi connectivity index (χ2n) is 4.31. The molecule has 0 amide bonds. The lowest BCUT2D eigenvalue weighted by atomic mass is 10.0. The molecule has 0 aliphatic carbocycles. The zero-order valence-corrected chi connectivity index (χ0v) is 13.8. The Labute approximate surface area is 136 Å². The zero-order valence-electron chi connectivity index (χ0n) is 10.7. The fourth-order valence-corrected chi connectivity index (χ4v) is 2.93. The van der Waals surface area contributed by atoms with Crippen LogP contribution in [0.15, 0.2) is 40.9 Å². The van der Waals surface area contributed by atoms with Crippen LogP contribution in [0.5, 0.6) is 5.75 Å². The van der Waals surface area contributed by atoms with Crippen LogP contribution < -0.4 is 4.74 Å². The van der Waals surface area contributed by atoms with Crippen LogP contribution in [0.25, 0.3) is 0 Å². The van der Waals surface area contributed by atoms with E-state index in [1.807, 2.05) is 12.1 Å². The third-order valence-corrected chi connectivity index (χ3v) is 4.21. The van der Waals surface area contributed by atoms with E-state index in [1.165, 1.54) is 0 Å². The Hall–Kier alpha value is -0.740. The molecule has 2 aromatic carbocycles. The molecule has 0 fully saturated rings. The first-order valence-corrected chi connectivity index (χ1v) is 7.52. The molecule has 1 unspecified atom stereocenters. The summed E-state index contributed by atoms with van der Waals surface area (Å²) in [7, 11) is 1.57. The van der Waals surface area contributed by atoms with E-state index >= 15 is 0 Å². The van der Waals surface area contributed by atoms with E-state index < -0.39 is 6.10 Å². The first-order valence-electron chi connectivity index (χ1n) is 5.97. The minimum Gasteiger partial charge on any atom is -0.496 e. The molecule has 0 radical (unpaired) electrons. The minimum atomic E-state index is -0.750. The Balaban J connectivity index is 2.33. The Bertz CT molecular complexity index is 597. The largest absolute Gasteiger partial charge is 0.496 e. The van der Waals surface area contributed by atoms with Crippen LogP contribution in [0, 0.1) is 0 Å². The topological polar surface area (TPSA) is 29.5 Å². The summed E-state index contributed by atoms with van der Waals surface area (Å²) >= 11 is 15.6. The van der Waals surface area contributed by atoms with E-state index in [9.17, 15) is 5.11 Å². The van der Waals surface area contributed by atoms with Crippen molar-refractivity contribution in [3.63, 3.8) is 0 Å². The Kier molecular flexibility index (Phi) is 5.33. The van der Waals surface area contributed by atoms with Gasteiger partial charge in [-0.05, 0) is 35.9 Å². The van der Waals surface area contributed by atoms with Crippen LogP contribution in [-0.2, 0) is 6.42 Å². The number of hydrogen-bond donors (Lipinski definition) is 1.